The highest BCUT2D eigenvalue weighted by Gasteiger charge is 2.18. The number of hydrogen-bond donors (Lipinski definition) is 2. The van der Waals surface area contributed by atoms with Crippen molar-refractivity contribution in [2.45, 2.75) is 26.4 Å². The Morgan fingerprint density at radius 1 is 1.45 bits per heavy atom. The Hall–Kier alpha value is -1.75. The van der Waals surface area contributed by atoms with Crippen molar-refractivity contribution in [1.82, 2.24) is 4.98 Å². The van der Waals surface area contributed by atoms with Gasteiger partial charge in [-0.15, -0.1) is 11.3 Å². The topological polar surface area (TPSA) is 46.2 Å². The summed E-state index contributed by atoms with van der Waals surface area (Å²) in [4.78, 5) is 4.59. The number of ether oxygens (including phenoxy) is 1. The molecule has 2 aromatic rings. The number of aromatic nitrogens is 1. The van der Waals surface area contributed by atoms with E-state index in [2.05, 4.69) is 47.0 Å². The molecule has 0 amide bonds. The molecule has 1 aliphatic heterocycles. The van der Waals surface area contributed by atoms with Crippen LogP contribution in [0.25, 0.3) is 11.3 Å². The second-order valence-corrected chi connectivity index (χ2v) is 5.67. The predicted molar refractivity (Wildman–Crippen MR) is 84.9 cm³/mol. The third kappa shape index (κ3) is 2.58. The van der Waals surface area contributed by atoms with Crippen molar-refractivity contribution >= 4 is 22.2 Å². The zero-order valence-electron chi connectivity index (χ0n) is 11.8. The second-order valence-electron chi connectivity index (χ2n) is 4.81. The zero-order valence-corrected chi connectivity index (χ0v) is 12.6. The minimum atomic E-state index is 0.271. The average Bonchev–Trinajstić information content (AvgIpc) is 2.95. The van der Waals surface area contributed by atoms with Crippen LogP contribution in [0.15, 0.2) is 23.6 Å². The van der Waals surface area contributed by atoms with E-state index < -0.39 is 0 Å². The van der Waals surface area contributed by atoms with Crippen LogP contribution in [-0.4, -0.2) is 24.2 Å². The van der Waals surface area contributed by atoms with Gasteiger partial charge in [0, 0.05) is 17.5 Å². The van der Waals surface area contributed by atoms with Gasteiger partial charge in [-0.2, -0.15) is 0 Å². The zero-order chi connectivity index (χ0) is 13.9. The molecule has 4 nitrogen and oxygen atoms in total. The van der Waals surface area contributed by atoms with Crippen LogP contribution in [0, 0.1) is 0 Å². The summed E-state index contributed by atoms with van der Waals surface area (Å²) in [5, 5.41) is 9.73. The summed E-state index contributed by atoms with van der Waals surface area (Å²) in [6.45, 7) is 5.98. The van der Waals surface area contributed by atoms with Gasteiger partial charge in [-0.3, -0.25) is 0 Å². The molecule has 1 aromatic carbocycles. The molecule has 20 heavy (non-hydrogen) atoms. The predicted octanol–water partition coefficient (Wildman–Crippen LogP) is 3.82. The van der Waals surface area contributed by atoms with E-state index in [1.807, 2.05) is 6.07 Å². The molecule has 0 fully saturated rings. The van der Waals surface area contributed by atoms with E-state index in [1.54, 1.807) is 11.3 Å². The maximum absolute atomic E-state index is 5.92. The highest BCUT2D eigenvalue weighted by molar-refractivity contribution is 7.14. The standard InChI is InChI=1S/C15H19N3OS/c1-3-11-8-17-12-7-10(5-6-14(12)19-11)13-9-20-15(18-13)16-4-2/h5-7,9,11,17H,3-4,8H2,1-2H3,(H,16,18). The van der Waals surface area contributed by atoms with Gasteiger partial charge in [0.15, 0.2) is 5.13 Å². The van der Waals surface area contributed by atoms with Gasteiger partial charge in [-0.05, 0) is 31.5 Å². The SMILES string of the molecule is CCNc1nc(-c2ccc3c(c2)NCC(CC)O3)cs1. The van der Waals surface area contributed by atoms with Crippen molar-refractivity contribution in [3.05, 3.63) is 23.6 Å². The number of nitrogens with one attached hydrogen (secondary N) is 2. The van der Waals surface area contributed by atoms with Gasteiger partial charge < -0.3 is 15.4 Å². The first-order valence-corrected chi connectivity index (χ1v) is 7.92. The summed E-state index contributed by atoms with van der Waals surface area (Å²) in [5.74, 6) is 0.939. The second kappa shape index (κ2) is 5.71. The van der Waals surface area contributed by atoms with Crippen LogP contribution in [0.4, 0.5) is 10.8 Å². The number of thiazole rings is 1. The van der Waals surface area contributed by atoms with Crippen molar-refractivity contribution < 1.29 is 4.74 Å². The summed E-state index contributed by atoms with van der Waals surface area (Å²) in [6.07, 6.45) is 1.29. The molecule has 0 bridgehead atoms. The van der Waals surface area contributed by atoms with E-state index in [1.165, 1.54) is 0 Å². The highest BCUT2D eigenvalue weighted by Crippen LogP contribution is 2.34. The fourth-order valence-electron chi connectivity index (χ4n) is 2.24. The molecule has 0 saturated heterocycles. The van der Waals surface area contributed by atoms with E-state index in [-0.39, 0.29) is 6.10 Å². The quantitative estimate of drug-likeness (QED) is 0.898. The Bertz CT molecular complexity index is 597. The van der Waals surface area contributed by atoms with Gasteiger partial charge in [0.25, 0.3) is 0 Å². The molecule has 1 aromatic heterocycles. The van der Waals surface area contributed by atoms with Crippen LogP contribution >= 0.6 is 11.3 Å². The van der Waals surface area contributed by atoms with Crippen LogP contribution in [0.1, 0.15) is 20.3 Å². The van der Waals surface area contributed by atoms with Crippen molar-refractivity contribution in [3.63, 3.8) is 0 Å². The summed E-state index contributed by atoms with van der Waals surface area (Å²) in [6, 6.07) is 6.22. The molecule has 2 N–H and O–H groups in total. The van der Waals surface area contributed by atoms with Crippen molar-refractivity contribution in [2.75, 3.05) is 23.7 Å². The molecule has 5 heteroatoms. The minimum absolute atomic E-state index is 0.271. The number of rotatable bonds is 4. The maximum Gasteiger partial charge on any atom is 0.183 e. The number of benzene rings is 1. The van der Waals surface area contributed by atoms with Crippen LogP contribution in [0.2, 0.25) is 0 Å². The highest BCUT2D eigenvalue weighted by atomic mass is 32.1. The summed E-state index contributed by atoms with van der Waals surface area (Å²) in [7, 11) is 0. The molecule has 1 atom stereocenters. The van der Waals surface area contributed by atoms with E-state index >= 15 is 0 Å². The van der Waals surface area contributed by atoms with Crippen molar-refractivity contribution in [3.8, 4) is 17.0 Å². The number of fused-ring (bicyclic) bond motifs is 1. The first kappa shape index (κ1) is 13.2. The molecule has 1 aliphatic rings. The van der Waals surface area contributed by atoms with Crippen LogP contribution in [-0.2, 0) is 0 Å². The molecule has 2 heterocycles. The Balaban J connectivity index is 1.84. The number of anilines is 2. The van der Waals surface area contributed by atoms with Gasteiger partial charge in [0.05, 0.1) is 17.9 Å². The summed E-state index contributed by atoms with van der Waals surface area (Å²) < 4.78 is 5.92. The molecular weight excluding hydrogens is 270 g/mol. The van der Waals surface area contributed by atoms with Gasteiger partial charge in [0.2, 0.25) is 0 Å². The third-order valence-electron chi connectivity index (χ3n) is 3.38. The van der Waals surface area contributed by atoms with Crippen molar-refractivity contribution in [2.24, 2.45) is 0 Å². The fraction of sp³-hybridized carbons (Fsp3) is 0.400. The summed E-state index contributed by atoms with van der Waals surface area (Å²) >= 11 is 1.64. The fourth-order valence-corrected chi connectivity index (χ4v) is 3.03. The van der Waals surface area contributed by atoms with Gasteiger partial charge >= 0.3 is 0 Å². The normalized spacial score (nSPS) is 17.0. The lowest BCUT2D eigenvalue weighted by molar-refractivity contribution is 0.202. The first-order chi connectivity index (χ1) is 9.80. The van der Waals surface area contributed by atoms with E-state index in [0.29, 0.717) is 0 Å². The van der Waals surface area contributed by atoms with Crippen molar-refractivity contribution in [1.29, 1.82) is 0 Å². The molecule has 0 aliphatic carbocycles. The van der Waals surface area contributed by atoms with Crippen LogP contribution in [0.3, 0.4) is 0 Å². The number of hydrogen-bond acceptors (Lipinski definition) is 5. The molecule has 0 saturated carbocycles. The Morgan fingerprint density at radius 2 is 2.35 bits per heavy atom. The van der Waals surface area contributed by atoms with Gasteiger partial charge in [-0.1, -0.05) is 6.92 Å². The maximum atomic E-state index is 5.92. The smallest absolute Gasteiger partial charge is 0.183 e. The Morgan fingerprint density at radius 3 is 3.15 bits per heavy atom. The Labute approximate surface area is 123 Å². The molecular formula is C15H19N3OS. The lowest BCUT2D eigenvalue weighted by Crippen LogP contribution is -2.29. The monoisotopic (exact) mass is 289 g/mol. The van der Waals surface area contributed by atoms with Gasteiger partial charge in [-0.25, -0.2) is 4.98 Å². The van der Waals surface area contributed by atoms with E-state index in [0.717, 1.165) is 47.3 Å². The van der Waals surface area contributed by atoms with E-state index in [4.69, 9.17) is 4.74 Å². The number of nitrogens with zero attached hydrogens (tertiary/aromatic N) is 1. The molecule has 0 spiro atoms. The van der Waals surface area contributed by atoms with Crippen LogP contribution < -0.4 is 15.4 Å². The molecule has 0 radical (unpaired) electrons. The third-order valence-corrected chi connectivity index (χ3v) is 4.18. The largest absolute Gasteiger partial charge is 0.486 e. The average molecular weight is 289 g/mol. The Kier molecular flexibility index (Phi) is 3.78. The lowest BCUT2D eigenvalue weighted by Gasteiger charge is -2.26. The lowest BCUT2D eigenvalue weighted by atomic mass is 10.1. The van der Waals surface area contributed by atoms with E-state index in [9.17, 15) is 0 Å². The first-order valence-electron chi connectivity index (χ1n) is 7.04. The minimum Gasteiger partial charge on any atom is -0.486 e. The molecule has 106 valence electrons. The van der Waals surface area contributed by atoms with Gasteiger partial charge in [0.1, 0.15) is 11.9 Å². The molecule has 3 rings (SSSR count). The molecule has 1 unspecified atom stereocenters. The summed E-state index contributed by atoms with van der Waals surface area (Å²) in [5.41, 5.74) is 3.19. The van der Waals surface area contributed by atoms with Crippen LogP contribution in [0.5, 0.6) is 5.75 Å².